The van der Waals surface area contributed by atoms with Crippen LogP contribution < -0.4 is 0 Å². The Hall–Kier alpha value is -2.39. The largest absolute Gasteiger partial charge is 0.293 e. The maximum Gasteiger partial charge on any atom is 0.177 e. The van der Waals surface area contributed by atoms with E-state index in [0.29, 0.717) is 5.03 Å². The number of carbonyl (C=O) groups is 1. The SMILES string of the molecule is O=C1C(Cl)=C2c3ccc4nn(Cc5ccccc5)cc4c3CC23CCC1C3. The molecule has 0 aliphatic heterocycles. The number of halogens is 1. The Morgan fingerprint density at radius 1 is 1.19 bits per heavy atom. The highest BCUT2D eigenvalue weighted by atomic mass is 35.5. The van der Waals surface area contributed by atoms with E-state index < -0.39 is 0 Å². The smallest absolute Gasteiger partial charge is 0.177 e. The van der Waals surface area contributed by atoms with Gasteiger partial charge < -0.3 is 0 Å². The zero-order chi connectivity index (χ0) is 18.2. The molecule has 1 spiro atoms. The van der Waals surface area contributed by atoms with Gasteiger partial charge in [0, 0.05) is 22.9 Å². The number of benzene rings is 2. The molecule has 1 aromatic heterocycles. The molecule has 27 heavy (non-hydrogen) atoms. The third kappa shape index (κ3) is 2.09. The second kappa shape index (κ2) is 5.32. The number of rotatable bonds is 2. The van der Waals surface area contributed by atoms with E-state index in [1.54, 1.807) is 0 Å². The van der Waals surface area contributed by atoms with Crippen molar-refractivity contribution in [3.8, 4) is 0 Å². The van der Waals surface area contributed by atoms with Crippen LogP contribution in [0.3, 0.4) is 0 Å². The van der Waals surface area contributed by atoms with E-state index >= 15 is 0 Å². The Balaban J connectivity index is 1.50. The second-order valence-electron chi connectivity index (χ2n) is 8.29. The summed E-state index contributed by atoms with van der Waals surface area (Å²) in [5.74, 6) is 0.291. The van der Waals surface area contributed by atoms with Crippen LogP contribution >= 0.6 is 11.6 Å². The molecule has 2 bridgehead atoms. The third-order valence-corrected chi connectivity index (χ3v) is 7.14. The number of Topliss-reactive ketones (excluding diaryl/α,β-unsaturated/α-hetero) is 1. The minimum absolute atomic E-state index is 0.0772. The summed E-state index contributed by atoms with van der Waals surface area (Å²) in [5, 5.41) is 6.50. The maximum absolute atomic E-state index is 12.6. The number of hydrogen-bond donors (Lipinski definition) is 0. The first kappa shape index (κ1) is 15.6. The zero-order valence-electron chi connectivity index (χ0n) is 14.9. The Morgan fingerprint density at radius 2 is 2.04 bits per heavy atom. The van der Waals surface area contributed by atoms with E-state index in [1.807, 2.05) is 10.7 Å². The van der Waals surface area contributed by atoms with Gasteiger partial charge in [-0.15, -0.1) is 0 Å². The molecule has 2 atom stereocenters. The Labute approximate surface area is 162 Å². The fourth-order valence-corrected chi connectivity index (χ4v) is 6.04. The minimum Gasteiger partial charge on any atom is -0.293 e. The number of aromatic nitrogens is 2. The molecule has 3 aliphatic rings. The number of nitrogens with zero attached hydrogens (tertiary/aromatic N) is 2. The highest BCUT2D eigenvalue weighted by Gasteiger charge is 2.54. The van der Waals surface area contributed by atoms with Gasteiger partial charge in [-0.2, -0.15) is 5.10 Å². The Bertz CT molecular complexity index is 1140. The van der Waals surface area contributed by atoms with Crippen LogP contribution in [0.2, 0.25) is 0 Å². The lowest BCUT2D eigenvalue weighted by Crippen LogP contribution is -2.25. The van der Waals surface area contributed by atoms with Crippen LogP contribution in [-0.2, 0) is 17.8 Å². The lowest BCUT2D eigenvalue weighted by atomic mass is 9.74. The number of allylic oxidation sites excluding steroid dienone is 2. The predicted octanol–water partition coefficient (Wildman–Crippen LogP) is 4.96. The molecule has 0 saturated heterocycles. The summed E-state index contributed by atoms with van der Waals surface area (Å²) < 4.78 is 2.03. The first-order chi connectivity index (χ1) is 13.1. The van der Waals surface area contributed by atoms with Crippen LogP contribution in [0.25, 0.3) is 16.5 Å². The molecule has 0 radical (unpaired) electrons. The summed E-state index contributed by atoms with van der Waals surface area (Å²) in [6.07, 6.45) is 6.17. The Kier molecular flexibility index (Phi) is 3.09. The van der Waals surface area contributed by atoms with Gasteiger partial charge in [-0.05, 0) is 54.0 Å². The zero-order valence-corrected chi connectivity index (χ0v) is 15.7. The second-order valence-corrected chi connectivity index (χ2v) is 8.66. The van der Waals surface area contributed by atoms with E-state index in [1.165, 1.54) is 22.1 Å². The van der Waals surface area contributed by atoms with Crippen molar-refractivity contribution >= 4 is 33.9 Å². The van der Waals surface area contributed by atoms with Gasteiger partial charge in [-0.1, -0.05) is 48.0 Å². The molecule has 3 nitrogen and oxygen atoms in total. The molecule has 2 aromatic carbocycles. The Morgan fingerprint density at radius 3 is 2.89 bits per heavy atom. The predicted molar refractivity (Wildman–Crippen MR) is 107 cm³/mol. The van der Waals surface area contributed by atoms with Crippen molar-refractivity contribution < 1.29 is 4.79 Å². The monoisotopic (exact) mass is 374 g/mol. The quantitative estimate of drug-likeness (QED) is 0.635. The molecular weight excluding hydrogens is 356 g/mol. The average Bonchev–Trinajstić information content (AvgIpc) is 3.35. The molecule has 3 aliphatic carbocycles. The lowest BCUT2D eigenvalue weighted by Gasteiger charge is -2.30. The molecule has 1 saturated carbocycles. The van der Waals surface area contributed by atoms with Crippen LogP contribution in [-0.4, -0.2) is 15.6 Å². The topological polar surface area (TPSA) is 34.9 Å². The van der Waals surface area contributed by atoms with Crippen LogP contribution in [0.4, 0.5) is 0 Å². The molecule has 134 valence electrons. The molecule has 0 N–H and O–H groups in total. The van der Waals surface area contributed by atoms with Crippen LogP contribution in [0.15, 0.2) is 53.7 Å². The maximum atomic E-state index is 12.6. The third-order valence-electron chi connectivity index (χ3n) is 6.77. The van der Waals surface area contributed by atoms with Gasteiger partial charge in [-0.25, -0.2) is 0 Å². The van der Waals surface area contributed by atoms with Crippen molar-refractivity contribution in [1.29, 1.82) is 0 Å². The van der Waals surface area contributed by atoms with Crippen molar-refractivity contribution in [3.05, 3.63) is 70.4 Å². The highest BCUT2D eigenvalue weighted by Crippen LogP contribution is 2.63. The molecule has 3 aromatic rings. The van der Waals surface area contributed by atoms with E-state index in [-0.39, 0.29) is 17.1 Å². The van der Waals surface area contributed by atoms with Gasteiger partial charge in [0.25, 0.3) is 0 Å². The lowest BCUT2D eigenvalue weighted by molar-refractivity contribution is -0.118. The van der Waals surface area contributed by atoms with Crippen LogP contribution in [0, 0.1) is 11.3 Å². The van der Waals surface area contributed by atoms with E-state index in [4.69, 9.17) is 16.7 Å². The van der Waals surface area contributed by atoms with E-state index in [0.717, 1.165) is 43.3 Å². The minimum atomic E-state index is 0.0772. The number of ketones is 1. The summed E-state index contributed by atoms with van der Waals surface area (Å²) in [7, 11) is 0. The van der Waals surface area contributed by atoms with Crippen molar-refractivity contribution in [2.24, 2.45) is 11.3 Å². The summed E-state index contributed by atoms with van der Waals surface area (Å²) in [4.78, 5) is 12.6. The summed E-state index contributed by atoms with van der Waals surface area (Å²) in [5.41, 5.74) is 5.97. The number of carbonyl (C=O) groups excluding carboxylic acids is 1. The molecule has 6 rings (SSSR count). The van der Waals surface area contributed by atoms with Gasteiger partial charge in [0.1, 0.15) is 0 Å². The first-order valence-electron chi connectivity index (χ1n) is 9.62. The van der Waals surface area contributed by atoms with E-state index in [2.05, 4.69) is 42.6 Å². The molecule has 1 heterocycles. The van der Waals surface area contributed by atoms with Gasteiger partial charge >= 0.3 is 0 Å². The van der Waals surface area contributed by atoms with Crippen LogP contribution in [0.1, 0.15) is 36.0 Å². The first-order valence-corrected chi connectivity index (χ1v) is 10.0. The van der Waals surface area contributed by atoms with Gasteiger partial charge in [0.2, 0.25) is 0 Å². The number of hydrogen-bond acceptors (Lipinski definition) is 2. The van der Waals surface area contributed by atoms with Gasteiger partial charge in [0.15, 0.2) is 5.78 Å². The van der Waals surface area contributed by atoms with Crippen molar-refractivity contribution in [1.82, 2.24) is 9.78 Å². The van der Waals surface area contributed by atoms with Crippen molar-refractivity contribution in [2.45, 2.75) is 32.2 Å². The summed E-state index contributed by atoms with van der Waals surface area (Å²) in [6.45, 7) is 0.763. The van der Waals surface area contributed by atoms with Crippen LogP contribution in [0.5, 0.6) is 0 Å². The highest BCUT2D eigenvalue weighted by molar-refractivity contribution is 6.46. The van der Waals surface area contributed by atoms with Crippen molar-refractivity contribution in [3.63, 3.8) is 0 Å². The molecule has 4 heteroatoms. The fraction of sp³-hybridized carbons (Fsp3) is 0.304. The summed E-state index contributed by atoms with van der Waals surface area (Å²) >= 11 is 6.59. The molecule has 1 fully saturated rings. The molecular formula is C23H19ClN2O. The molecule has 2 unspecified atom stereocenters. The van der Waals surface area contributed by atoms with Gasteiger partial charge in [-0.3, -0.25) is 9.48 Å². The van der Waals surface area contributed by atoms with Crippen molar-refractivity contribution in [2.75, 3.05) is 0 Å². The van der Waals surface area contributed by atoms with E-state index in [9.17, 15) is 4.79 Å². The molecule has 0 amide bonds. The standard InChI is InChI=1S/C23H19ClN2O/c24-21-20-16-6-7-19-18(13-26(25-19)12-14-4-2-1-3-5-14)17(16)11-23(20)9-8-15(10-23)22(21)27/h1-7,13,15H,8-12H2. The number of fused-ring (bicyclic) bond motifs is 5. The summed E-state index contributed by atoms with van der Waals surface area (Å²) in [6, 6.07) is 14.6. The average molecular weight is 375 g/mol. The fourth-order valence-electron chi connectivity index (χ4n) is 5.58. The van der Waals surface area contributed by atoms with Gasteiger partial charge in [0.05, 0.1) is 17.1 Å². The normalized spacial score (nSPS) is 26.0.